The minimum atomic E-state index is -0.720. The highest BCUT2D eigenvalue weighted by atomic mass is 16.5. The molecule has 2 aromatic carbocycles. The van der Waals surface area contributed by atoms with Crippen molar-refractivity contribution in [3.63, 3.8) is 0 Å². The van der Waals surface area contributed by atoms with Gasteiger partial charge in [0.15, 0.2) is 0 Å². The van der Waals surface area contributed by atoms with Gasteiger partial charge in [0, 0.05) is 11.8 Å². The molecule has 3 aromatic rings. The fourth-order valence-corrected chi connectivity index (χ4v) is 2.39. The quantitative estimate of drug-likeness (QED) is 0.764. The number of nitrogens with zero attached hydrogens (tertiary/aromatic N) is 2. The molecule has 0 aliphatic carbocycles. The van der Waals surface area contributed by atoms with E-state index in [0.29, 0.717) is 17.1 Å². The molecule has 132 valence electrons. The van der Waals surface area contributed by atoms with E-state index in [2.05, 4.69) is 10.4 Å². The second kappa shape index (κ2) is 7.65. The Bertz CT molecular complexity index is 950. The minimum absolute atomic E-state index is 0.315. The van der Waals surface area contributed by atoms with E-state index in [4.69, 9.17) is 4.74 Å². The summed E-state index contributed by atoms with van der Waals surface area (Å²) in [6, 6.07) is 18.8. The Kier molecular flexibility index (Phi) is 5.12. The van der Waals surface area contributed by atoms with Crippen LogP contribution in [0.1, 0.15) is 18.7 Å². The zero-order valence-electron chi connectivity index (χ0n) is 14.5. The molecule has 6 nitrogen and oxygen atoms in total. The number of rotatable bonds is 5. The summed E-state index contributed by atoms with van der Waals surface area (Å²) in [4.78, 5) is 24.3. The van der Waals surface area contributed by atoms with Crippen LogP contribution in [0.15, 0.2) is 71.5 Å². The molecule has 1 unspecified atom stereocenters. The number of nitrogens with one attached hydrogen (secondary N) is 1. The van der Waals surface area contributed by atoms with Crippen molar-refractivity contribution in [3.8, 4) is 11.5 Å². The highest BCUT2D eigenvalue weighted by molar-refractivity contribution is 5.93. The second-order valence-electron chi connectivity index (χ2n) is 5.86. The molecule has 1 atom stereocenters. The van der Waals surface area contributed by atoms with E-state index in [1.54, 1.807) is 44.2 Å². The molecular formula is C20H19N3O3. The van der Waals surface area contributed by atoms with Gasteiger partial charge in [-0.15, -0.1) is 0 Å². The molecule has 1 aromatic heterocycles. The molecule has 0 spiro atoms. The molecule has 0 saturated carbocycles. The average Bonchev–Trinajstić information content (AvgIpc) is 2.65. The van der Waals surface area contributed by atoms with Crippen molar-refractivity contribution in [2.75, 3.05) is 5.32 Å². The average molecular weight is 349 g/mol. The molecule has 0 fully saturated rings. The third kappa shape index (κ3) is 4.16. The number of hydrogen-bond donors (Lipinski definition) is 1. The maximum absolute atomic E-state index is 12.4. The summed E-state index contributed by atoms with van der Waals surface area (Å²) in [5.74, 6) is 1.09. The standard InChI is InChI=1S/C20H19N3O3/c1-14-8-13-19(24)23(22-14)15(2)20(25)21-16-9-11-18(12-10-16)26-17-6-4-3-5-7-17/h3-13,15H,1-2H3,(H,21,25). The molecule has 6 heteroatoms. The van der Waals surface area contributed by atoms with E-state index in [0.717, 1.165) is 5.75 Å². The van der Waals surface area contributed by atoms with Crippen molar-refractivity contribution in [2.45, 2.75) is 19.9 Å². The summed E-state index contributed by atoms with van der Waals surface area (Å²) in [7, 11) is 0. The zero-order valence-corrected chi connectivity index (χ0v) is 14.5. The van der Waals surface area contributed by atoms with Crippen LogP contribution in [-0.2, 0) is 4.79 Å². The van der Waals surface area contributed by atoms with Gasteiger partial charge in [0.05, 0.1) is 5.69 Å². The van der Waals surface area contributed by atoms with Crippen molar-refractivity contribution in [2.24, 2.45) is 0 Å². The number of carbonyl (C=O) groups is 1. The van der Waals surface area contributed by atoms with Crippen LogP contribution in [0.4, 0.5) is 5.69 Å². The van der Waals surface area contributed by atoms with Crippen LogP contribution < -0.4 is 15.6 Å². The Balaban J connectivity index is 1.67. The van der Waals surface area contributed by atoms with Crippen molar-refractivity contribution in [1.29, 1.82) is 0 Å². The molecule has 0 aliphatic rings. The smallest absolute Gasteiger partial charge is 0.267 e. The third-order valence-corrected chi connectivity index (χ3v) is 3.81. The molecule has 0 saturated heterocycles. The Morgan fingerprint density at radius 1 is 1.00 bits per heavy atom. The van der Waals surface area contributed by atoms with E-state index >= 15 is 0 Å². The Hall–Kier alpha value is -3.41. The Labute approximate surface area is 151 Å². The summed E-state index contributed by atoms with van der Waals surface area (Å²) in [5.41, 5.74) is 0.972. The van der Waals surface area contributed by atoms with Gasteiger partial charge in [-0.1, -0.05) is 18.2 Å². The van der Waals surface area contributed by atoms with Gasteiger partial charge in [-0.3, -0.25) is 9.59 Å². The van der Waals surface area contributed by atoms with Crippen LogP contribution in [0, 0.1) is 6.92 Å². The maximum Gasteiger partial charge on any atom is 0.267 e. The lowest BCUT2D eigenvalue weighted by molar-refractivity contribution is -0.119. The number of carbonyl (C=O) groups excluding carboxylic acids is 1. The van der Waals surface area contributed by atoms with Gasteiger partial charge in [-0.25, -0.2) is 4.68 Å². The number of benzene rings is 2. The number of para-hydroxylation sites is 1. The van der Waals surface area contributed by atoms with E-state index in [9.17, 15) is 9.59 Å². The Morgan fingerprint density at radius 3 is 2.35 bits per heavy atom. The SMILES string of the molecule is Cc1ccc(=O)n(C(C)C(=O)Nc2ccc(Oc3ccccc3)cc2)n1. The van der Waals surface area contributed by atoms with Gasteiger partial charge in [0.1, 0.15) is 17.5 Å². The molecule has 0 radical (unpaired) electrons. The number of aromatic nitrogens is 2. The molecular weight excluding hydrogens is 330 g/mol. The minimum Gasteiger partial charge on any atom is -0.457 e. The van der Waals surface area contributed by atoms with E-state index in [1.165, 1.54) is 10.7 Å². The molecule has 0 bridgehead atoms. The second-order valence-corrected chi connectivity index (χ2v) is 5.86. The number of aryl methyl sites for hydroxylation is 1. The molecule has 1 heterocycles. The lowest BCUT2D eigenvalue weighted by Crippen LogP contribution is -2.33. The largest absolute Gasteiger partial charge is 0.457 e. The van der Waals surface area contributed by atoms with Gasteiger partial charge in [-0.2, -0.15) is 5.10 Å². The monoisotopic (exact) mass is 349 g/mol. The summed E-state index contributed by atoms with van der Waals surface area (Å²) >= 11 is 0. The van der Waals surface area contributed by atoms with Gasteiger partial charge < -0.3 is 10.1 Å². The predicted octanol–water partition coefficient (Wildman–Crippen LogP) is 3.54. The van der Waals surface area contributed by atoms with Gasteiger partial charge in [-0.05, 0) is 56.3 Å². The zero-order chi connectivity index (χ0) is 18.5. The summed E-state index contributed by atoms with van der Waals surface area (Å²) in [5, 5.41) is 6.90. The number of ether oxygens (including phenoxy) is 1. The van der Waals surface area contributed by atoms with Crippen LogP contribution in [0.3, 0.4) is 0 Å². The summed E-state index contributed by atoms with van der Waals surface area (Å²) in [6.07, 6.45) is 0. The van der Waals surface area contributed by atoms with Crippen LogP contribution >= 0.6 is 0 Å². The lowest BCUT2D eigenvalue weighted by Gasteiger charge is -2.14. The summed E-state index contributed by atoms with van der Waals surface area (Å²) < 4.78 is 6.89. The maximum atomic E-state index is 12.4. The first-order chi connectivity index (χ1) is 12.5. The number of hydrogen-bond acceptors (Lipinski definition) is 4. The fraction of sp³-hybridized carbons (Fsp3) is 0.150. The summed E-state index contributed by atoms with van der Waals surface area (Å²) in [6.45, 7) is 3.40. The van der Waals surface area contributed by atoms with Crippen LogP contribution in [0.5, 0.6) is 11.5 Å². The van der Waals surface area contributed by atoms with Crippen molar-refractivity contribution in [1.82, 2.24) is 9.78 Å². The van der Waals surface area contributed by atoms with Crippen molar-refractivity contribution in [3.05, 3.63) is 82.8 Å². The first-order valence-corrected chi connectivity index (χ1v) is 8.23. The van der Waals surface area contributed by atoms with Gasteiger partial charge in [0.2, 0.25) is 5.91 Å². The Morgan fingerprint density at radius 2 is 1.65 bits per heavy atom. The van der Waals surface area contributed by atoms with Gasteiger partial charge in [0.25, 0.3) is 5.56 Å². The van der Waals surface area contributed by atoms with Crippen molar-refractivity contribution >= 4 is 11.6 Å². The highest BCUT2D eigenvalue weighted by Gasteiger charge is 2.17. The highest BCUT2D eigenvalue weighted by Crippen LogP contribution is 2.23. The van der Waals surface area contributed by atoms with Crippen LogP contribution in [-0.4, -0.2) is 15.7 Å². The van der Waals surface area contributed by atoms with Crippen LogP contribution in [0.2, 0.25) is 0 Å². The molecule has 26 heavy (non-hydrogen) atoms. The third-order valence-electron chi connectivity index (χ3n) is 3.81. The molecule has 1 amide bonds. The topological polar surface area (TPSA) is 73.2 Å². The normalized spacial score (nSPS) is 11.6. The first kappa shape index (κ1) is 17.4. The van der Waals surface area contributed by atoms with Crippen molar-refractivity contribution < 1.29 is 9.53 Å². The van der Waals surface area contributed by atoms with Gasteiger partial charge >= 0.3 is 0 Å². The molecule has 0 aliphatic heterocycles. The molecule has 1 N–H and O–H groups in total. The van der Waals surface area contributed by atoms with E-state index in [1.807, 2.05) is 30.3 Å². The fourth-order valence-electron chi connectivity index (χ4n) is 2.39. The first-order valence-electron chi connectivity index (χ1n) is 8.23. The van der Waals surface area contributed by atoms with E-state index in [-0.39, 0.29) is 11.5 Å². The number of amides is 1. The molecule has 3 rings (SSSR count). The number of anilines is 1. The predicted molar refractivity (Wildman–Crippen MR) is 99.5 cm³/mol. The van der Waals surface area contributed by atoms with Crippen LogP contribution in [0.25, 0.3) is 0 Å². The lowest BCUT2D eigenvalue weighted by atomic mass is 10.2. The van der Waals surface area contributed by atoms with E-state index < -0.39 is 6.04 Å².